The molecule has 0 bridgehead atoms. The lowest BCUT2D eigenvalue weighted by atomic mass is 10.2. The monoisotopic (exact) mass is 325 g/mol. The zero-order valence-corrected chi connectivity index (χ0v) is 12.9. The van der Waals surface area contributed by atoms with Gasteiger partial charge in [-0.15, -0.1) is 0 Å². The predicted octanol–water partition coefficient (Wildman–Crippen LogP) is 2.77. The van der Waals surface area contributed by atoms with Crippen LogP contribution in [-0.2, 0) is 9.53 Å². The topological polar surface area (TPSA) is 97.2 Å². The summed E-state index contributed by atoms with van der Waals surface area (Å²) >= 11 is 0. The number of furan rings is 1. The van der Waals surface area contributed by atoms with E-state index < -0.39 is 11.9 Å². The Morgan fingerprint density at radius 2 is 2.04 bits per heavy atom. The number of hydrogen-bond acceptors (Lipinski definition) is 5. The van der Waals surface area contributed by atoms with Crippen LogP contribution in [0.3, 0.4) is 0 Å². The summed E-state index contributed by atoms with van der Waals surface area (Å²) < 4.78 is 10.2. The molecule has 0 aliphatic carbocycles. The number of nitrogens with one attached hydrogen (secondary N) is 2. The fourth-order valence-electron chi connectivity index (χ4n) is 2.02. The smallest absolute Gasteiger partial charge is 0.356 e. The summed E-state index contributed by atoms with van der Waals surface area (Å²) in [5.74, 6) is -0.556. The Morgan fingerprint density at radius 1 is 1.25 bits per heavy atom. The molecule has 0 aliphatic rings. The highest BCUT2D eigenvalue weighted by Crippen LogP contribution is 2.18. The second-order valence-corrected chi connectivity index (χ2v) is 5.13. The van der Waals surface area contributed by atoms with Crippen LogP contribution in [0.15, 0.2) is 53.1 Å². The highest BCUT2D eigenvalue weighted by molar-refractivity contribution is 5.95. The number of aromatic nitrogens is 2. The number of rotatable bonds is 5. The molecule has 122 valence electrons. The van der Waals surface area contributed by atoms with Crippen LogP contribution in [0.1, 0.15) is 16.1 Å². The zero-order chi connectivity index (χ0) is 16.9. The molecule has 1 aromatic carbocycles. The van der Waals surface area contributed by atoms with Crippen LogP contribution in [0.4, 0.5) is 5.69 Å². The minimum absolute atomic E-state index is 0.143. The number of aromatic amines is 1. The number of H-pyrrole nitrogens is 1. The van der Waals surface area contributed by atoms with Gasteiger partial charge in [0.25, 0.3) is 5.91 Å². The van der Waals surface area contributed by atoms with E-state index in [0.29, 0.717) is 17.1 Å². The van der Waals surface area contributed by atoms with Crippen LogP contribution >= 0.6 is 0 Å². The molecule has 2 heterocycles. The van der Waals surface area contributed by atoms with Gasteiger partial charge in [0.2, 0.25) is 0 Å². The molecule has 3 rings (SSSR count). The standard InChI is InChI=1S/C17H15N3O4/c1-11-4-6-12(7-5-11)18-16(21)10-24-17(22)14-9-13(19-20-14)15-3-2-8-23-15/h2-9H,10H2,1H3,(H,18,21)(H,19,20). The molecule has 7 nitrogen and oxygen atoms in total. The second kappa shape index (κ2) is 6.82. The van der Waals surface area contributed by atoms with Gasteiger partial charge in [-0.3, -0.25) is 9.89 Å². The summed E-state index contributed by atoms with van der Waals surface area (Å²) in [4.78, 5) is 23.7. The maximum atomic E-state index is 11.9. The fraction of sp³-hybridized carbons (Fsp3) is 0.118. The second-order valence-electron chi connectivity index (χ2n) is 5.13. The Bertz CT molecular complexity index is 835. The van der Waals surface area contributed by atoms with Gasteiger partial charge in [0.05, 0.1) is 6.26 Å². The largest absolute Gasteiger partial charge is 0.463 e. The number of nitrogens with zero attached hydrogens (tertiary/aromatic N) is 1. The van der Waals surface area contributed by atoms with Crippen LogP contribution < -0.4 is 5.32 Å². The van der Waals surface area contributed by atoms with Crippen molar-refractivity contribution in [2.45, 2.75) is 6.92 Å². The van der Waals surface area contributed by atoms with Crippen LogP contribution in [0.5, 0.6) is 0 Å². The van der Waals surface area contributed by atoms with Crippen molar-refractivity contribution in [3.63, 3.8) is 0 Å². The van der Waals surface area contributed by atoms with E-state index in [-0.39, 0.29) is 12.3 Å². The zero-order valence-electron chi connectivity index (χ0n) is 12.9. The number of hydrogen-bond donors (Lipinski definition) is 2. The third-order valence-electron chi connectivity index (χ3n) is 3.24. The molecule has 1 amide bonds. The van der Waals surface area contributed by atoms with E-state index >= 15 is 0 Å². The maximum absolute atomic E-state index is 11.9. The highest BCUT2D eigenvalue weighted by Gasteiger charge is 2.15. The van der Waals surface area contributed by atoms with Gasteiger partial charge < -0.3 is 14.5 Å². The van der Waals surface area contributed by atoms with E-state index in [9.17, 15) is 9.59 Å². The molecule has 0 radical (unpaired) electrons. The summed E-state index contributed by atoms with van der Waals surface area (Å²) in [5, 5.41) is 9.17. The molecule has 0 fully saturated rings. The van der Waals surface area contributed by atoms with Gasteiger partial charge >= 0.3 is 5.97 Å². The number of ether oxygens (including phenoxy) is 1. The third-order valence-corrected chi connectivity index (χ3v) is 3.24. The molecular formula is C17H15N3O4. The van der Waals surface area contributed by atoms with E-state index in [0.717, 1.165) is 5.56 Å². The minimum atomic E-state index is -0.667. The van der Waals surface area contributed by atoms with Crippen molar-refractivity contribution in [1.82, 2.24) is 10.2 Å². The summed E-state index contributed by atoms with van der Waals surface area (Å²) in [5.41, 5.74) is 2.36. The third kappa shape index (κ3) is 3.70. The molecule has 0 saturated carbocycles. The summed E-state index contributed by atoms with van der Waals surface area (Å²) in [6, 6.07) is 12.3. The van der Waals surface area contributed by atoms with Gasteiger partial charge in [-0.25, -0.2) is 4.79 Å². The molecule has 0 unspecified atom stereocenters. The number of amides is 1. The first-order valence-corrected chi connectivity index (χ1v) is 7.25. The molecule has 7 heteroatoms. The molecule has 0 aliphatic heterocycles. The molecule has 24 heavy (non-hydrogen) atoms. The van der Waals surface area contributed by atoms with Crippen LogP contribution in [-0.4, -0.2) is 28.7 Å². The summed E-state index contributed by atoms with van der Waals surface area (Å²) in [6.07, 6.45) is 1.51. The molecular weight excluding hydrogens is 310 g/mol. The lowest BCUT2D eigenvalue weighted by Gasteiger charge is -2.06. The van der Waals surface area contributed by atoms with E-state index in [1.165, 1.54) is 12.3 Å². The lowest BCUT2D eigenvalue weighted by Crippen LogP contribution is -2.21. The molecule has 2 N–H and O–H groups in total. The normalized spacial score (nSPS) is 10.4. The van der Waals surface area contributed by atoms with Gasteiger partial charge in [0, 0.05) is 11.8 Å². The van der Waals surface area contributed by atoms with Crippen molar-refractivity contribution in [3.8, 4) is 11.5 Å². The number of anilines is 1. The van der Waals surface area contributed by atoms with E-state index in [1.807, 2.05) is 19.1 Å². The lowest BCUT2D eigenvalue weighted by molar-refractivity contribution is -0.119. The Kier molecular flexibility index (Phi) is 4.42. The van der Waals surface area contributed by atoms with Crippen LogP contribution in [0.25, 0.3) is 11.5 Å². The van der Waals surface area contributed by atoms with E-state index in [2.05, 4.69) is 15.5 Å². The maximum Gasteiger partial charge on any atom is 0.356 e. The first-order chi connectivity index (χ1) is 11.6. The first-order valence-electron chi connectivity index (χ1n) is 7.25. The van der Waals surface area contributed by atoms with Crippen molar-refractivity contribution in [2.24, 2.45) is 0 Å². The first kappa shape index (κ1) is 15.5. The Balaban J connectivity index is 1.53. The number of carbonyl (C=O) groups is 2. The van der Waals surface area contributed by atoms with Gasteiger partial charge in [0.15, 0.2) is 12.4 Å². The SMILES string of the molecule is Cc1ccc(NC(=O)COC(=O)c2cc(-c3ccco3)n[nH]2)cc1. The Hall–Kier alpha value is -3.35. The fourth-order valence-corrected chi connectivity index (χ4v) is 2.02. The Morgan fingerprint density at radius 3 is 2.75 bits per heavy atom. The number of carbonyl (C=O) groups excluding carboxylic acids is 2. The minimum Gasteiger partial charge on any atom is -0.463 e. The average molecular weight is 325 g/mol. The summed E-state index contributed by atoms with van der Waals surface area (Å²) in [7, 11) is 0. The van der Waals surface area contributed by atoms with Gasteiger partial charge in [0.1, 0.15) is 11.4 Å². The molecule has 0 saturated heterocycles. The van der Waals surface area contributed by atoms with Gasteiger partial charge in [-0.05, 0) is 31.2 Å². The molecule has 0 spiro atoms. The average Bonchev–Trinajstić information content (AvgIpc) is 3.25. The van der Waals surface area contributed by atoms with E-state index in [1.54, 1.807) is 24.3 Å². The Labute approximate surface area is 137 Å². The van der Waals surface area contributed by atoms with Crippen LogP contribution in [0.2, 0.25) is 0 Å². The van der Waals surface area contributed by atoms with Gasteiger partial charge in [-0.2, -0.15) is 5.10 Å². The van der Waals surface area contributed by atoms with Crippen molar-refractivity contribution in [2.75, 3.05) is 11.9 Å². The number of aryl methyl sites for hydroxylation is 1. The van der Waals surface area contributed by atoms with E-state index in [4.69, 9.17) is 9.15 Å². The van der Waals surface area contributed by atoms with Gasteiger partial charge in [-0.1, -0.05) is 17.7 Å². The van der Waals surface area contributed by atoms with Crippen molar-refractivity contribution < 1.29 is 18.7 Å². The van der Waals surface area contributed by atoms with Crippen molar-refractivity contribution >= 4 is 17.6 Å². The molecule has 3 aromatic rings. The van der Waals surface area contributed by atoms with Crippen molar-refractivity contribution in [3.05, 3.63) is 60.0 Å². The molecule has 0 atom stereocenters. The predicted molar refractivity (Wildman–Crippen MR) is 86.4 cm³/mol. The highest BCUT2D eigenvalue weighted by atomic mass is 16.5. The summed E-state index contributed by atoms with van der Waals surface area (Å²) in [6.45, 7) is 1.57. The van der Waals surface area contributed by atoms with Crippen LogP contribution in [0, 0.1) is 6.92 Å². The quantitative estimate of drug-likeness (QED) is 0.703. The number of benzene rings is 1. The molecule has 2 aromatic heterocycles. The number of esters is 1. The van der Waals surface area contributed by atoms with Crippen molar-refractivity contribution in [1.29, 1.82) is 0 Å².